The van der Waals surface area contributed by atoms with E-state index in [2.05, 4.69) is 47.8 Å². The Bertz CT molecular complexity index is 944. The summed E-state index contributed by atoms with van der Waals surface area (Å²) in [5, 5.41) is 6.10. The van der Waals surface area contributed by atoms with Crippen LogP contribution in [0.25, 0.3) is 0 Å². The predicted molar refractivity (Wildman–Crippen MR) is 118 cm³/mol. The molecular weight excluding hydrogens is 500 g/mol. The summed E-state index contributed by atoms with van der Waals surface area (Å²) in [4.78, 5) is 25.6. The molecule has 2 aromatic rings. The molecule has 1 aliphatic heterocycles. The van der Waals surface area contributed by atoms with Crippen LogP contribution in [0.4, 0.5) is 0 Å². The second-order valence-corrected chi connectivity index (χ2v) is 8.98. The van der Waals surface area contributed by atoms with Gasteiger partial charge in [0.25, 0.3) is 11.8 Å². The topological polar surface area (TPSA) is 73.8 Å². The normalized spacial score (nSPS) is 20.8. The van der Waals surface area contributed by atoms with Gasteiger partial charge in [-0.2, -0.15) is 5.10 Å². The third-order valence-corrected chi connectivity index (χ3v) is 6.30. The number of nitrogens with zero attached hydrogens (tertiary/aromatic N) is 2. The van der Waals surface area contributed by atoms with E-state index in [1.54, 1.807) is 24.3 Å². The third kappa shape index (κ3) is 4.44. The van der Waals surface area contributed by atoms with E-state index >= 15 is 0 Å². The molecule has 8 heteroatoms. The Hall–Kier alpha value is -2.03. The minimum atomic E-state index is -0.402. The van der Waals surface area contributed by atoms with Crippen molar-refractivity contribution in [2.45, 2.75) is 31.8 Å². The fourth-order valence-electron chi connectivity index (χ4n) is 3.73. The second-order valence-electron chi connectivity index (χ2n) is 7.15. The summed E-state index contributed by atoms with van der Waals surface area (Å²) in [6.07, 6.45) is 3.58. The molecule has 1 saturated carbocycles. The monoisotopic (exact) mass is 518 g/mol. The van der Waals surface area contributed by atoms with Crippen molar-refractivity contribution >= 4 is 49.4 Å². The van der Waals surface area contributed by atoms with E-state index in [9.17, 15) is 9.59 Å². The van der Waals surface area contributed by atoms with Crippen molar-refractivity contribution in [3.8, 4) is 0 Å². The van der Waals surface area contributed by atoms with Gasteiger partial charge >= 0.3 is 0 Å². The van der Waals surface area contributed by atoms with Crippen LogP contribution in [0.1, 0.15) is 46.4 Å². The SMILES string of the molecule is O=C(NN[C@H]1[C@@H]2CCCCC2=NN1C(=O)c1ccc(Br)cc1)c1ccc(Br)cc1. The van der Waals surface area contributed by atoms with Crippen LogP contribution in [0.15, 0.2) is 62.6 Å². The van der Waals surface area contributed by atoms with E-state index in [1.807, 2.05) is 24.3 Å². The number of nitrogens with one attached hydrogen (secondary N) is 2. The maximum Gasteiger partial charge on any atom is 0.275 e. The smallest absolute Gasteiger partial charge is 0.275 e. The van der Waals surface area contributed by atoms with Crippen LogP contribution in [0.5, 0.6) is 0 Å². The lowest BCUT2D eigenvalue weighted by atomic mass is 9.86. The first kappa shape index (κ1) is 20.3. The molecule has 2 aromatic carbocycles. The van der Waals surface area contributed by atoms with Gasteiger partial charge in [0.05, 0.1) is 0 Å². The number of hydrazine groups is 1. The summed E-state index contributed by atoms with van der Waals surface area (Å²) in [6, 6.07) is 14.3. The van der Waals surface area contributed by atoms with Gasteiger partial charge < -0.3 is 0 Å². The molecule has 0 radical (unpaired) electrons. The molecule has 2 amide bonds. The zero-order chi connectivity index (χ0) is 20.4. The summed E-state index contributed by atoms with van der Waals surface area (Å²) >= 11 is 6.76. The molecule has 29 heavy (non-hydrogen) atoms. The number of halogens is 2. The van der Waals surface area contributed by atoms with Crippen LogP contribution in [0.3, 0.4) is 0 Å². The van der Waals surface area contributed by atoms with E-state index < -0.39 is 6.17 Å². The largest absolute Gasteiger partial charge is 0.285 e. The van der Waals surface area contributed by atoms with E-state index in [-0.39, 0.29) is 17.7 Å². The zero-order valence-electron chi connectivity index (χ0n) is 15.6. The molecule has 1 heterocycles. The van der Waals surface area contributed by atoms with Gasteiger partial charge in [-0.05, 0) is 67.8 Å². The highest BCUT2D eigenvalue weighted by molar-refractivity contribution is 9.10. The number of carbonyl (C=O) groups is 2. The van der Waals surface area contributed by atoms with E-state index in [1.165, 1.54) is 5.01 Å². The Morgan fingerprint density at radius 3 is 2.21 bits per heavy atom. The first-order valence-corrected chi connectivity index (χ1v) is 11.1. The molecule has 1 fully saturated rings. The molecule has 0 saturated heterocycles. The average molecular weight is 520 g/mol. The zero-order valence-corrected chi connectivity index (χ0v) is 18.7. The lowest BCUT2D eigenvalue weighted by Gasteiger charge is -2.29. The standard InChI is InChI=1S/C21H20Br2N4O2/c22-15-9-5-13(6-10-15)20(28)25-24-19-17-3-1-2-4-18(17)26-27(19)21(29)14-7-11-16(23)12-8-14/h5-12,17,19,24H,1-4H2,(H,25,28)/t17-,19-/m1/s1. The molecule has 2 aliphatic rings. The van der Waals surface area contributed by atoms with Crippen LogP contribution in [0.2, 0.25) is 0 Å². The Morgan fingerprint density at radius 2 is 1.55 bits per heavy atom. The van der Waals surface area contributed by atoms with Gasteiger partial charge in [-0.25, -0.2) is 10.4 Å². The van der Waals surface area contributed by atoms with Crippen molar-refractivity contribution in [3.63, 3.8) is 0 Å². The quantitative estimate of drug-likeness (QED) is 0.585. The molecule has 0 aromatic heterocycles. The fourth-order valence-corrected chi connectivity index (χ4v) is 4.26. The highest BCUT2D eigenvalue weighted by Crippen LogP contribution is 2.32. The molecule has 2 N–H and O–H groups in total. The van der Waals surface area contributed by atoms with E-state index in [4.69, 9.17) is 0 Å². The number of carbonyl (C=O) groups excluding carboxylic acids is 2. The van der Waals surface area contributed by atoms with Crippen LogP contribution in [-0.2, 0) is 0 Å². The van der Waals surface area contributed by atoms with Gasteiger partial charge in [-0.3, -0.25) is 15.0 Å². The van der Waals surface area contributed by atoms with Gasteiger partial charge in [0, 0.05) is 31.7 Å². The Labute approximate surface area is 186 Å². The molecule has 2 atom stereocenters. The molecule has 6 nitrogen and oxygen atoms in total. The number of hydrogen-bond donors (Lipinski definition) is 2. The molecule has 1 aliphatic carbocycles. The summed E-state index contributed by atoms with van der Waals surface area (Å²) in [7, 11) is 0. The third-order valence-electron chi connectivity index (χ3n) is 5.25. The van der Waals surface area contributed by atoms with Crippen molar-refractivity contribution in [2.24, 2.45) is 11.0 Å². The van der Waals surface area contributed by atoms with Gasteiger partial charge in [0.2, 0.25) is 0 Å². The molecule has 4 rings (SSSR count). The number of fused-ring (bicyclic) bond motifs is 1. The average Bonchev–Trinajstić information content (AvgIpc) is 3.11. The van der Waals surface area contributed by atoms with Crippen molar-refractivity contribution < 1.29 is 9.59 Å². The minimum absolute atomic E-state index is 0.105. The predicted octanol–water partition coefficient (Wildman–Crippen LogP) is 4.47. The van der Waals surface area contributed by atoms with Gasteiger partial charge in [0.1, 0.15) is 6.17 Å². The lowest BCUT2D eigenvalue weighted by Crippen LogP contribution is -2.55. The number of rotatable bonds is 4. The van der Waals surface area contributed by atoms with Gasteiger partial charge in [-0.15, -0.1) is 0 Å². The van der Waals surface area contributed by atoms with Crippen LogP contribution in [0, 0.1) is 5.92 Å². The van der Waals surface area contributed by atoms with Crippen LogP contribution in [-0.4, -0.2) is 28.7 Å². The van der Waals surface area contributed by atoms with E-state index in [0.717, 1.165) is 40.3 Å². The van der Waals surface area contributed by atoms with Gasteiger partial charge in [-0.1, -0.05) is 38.3 Å². The lowest BCUT2D eigenvalue weighted by molar-refractivity contribution is 0.0598. The Morgan fingerprint density at radius 1 is 0.931 bits per heavy atom. The van der Waals surface area contributed by atoms with Crippen molar-refractivity contribution in [2.75, 3.05) is 0 Å². The number of hydrazone groups is 1. The first-order chi connectivity index (χ1) is 14.0. The Balaban J connectivity index is 1.52. The first-order valence-electron chi connectivity index (χ1n) is 9.51. The van der Waals surface area contributed by atoms with Crippen molar-refractivity contribution in [1.29, 1.82) is 0 Å². The Kier molecular flexibility index (Phi) is 6.12. The number of amides is 2. The number of benzene rings is 2. The highest BCUT2D eigenvalue weighted by Gasteiger charge is 2.41. The summed E-state index contributed by atoms with van der Waals surface area (Å²) in [5.74, 6) is -0.332. The summed E-state index contributed by atoms with van der Waals surface area (Å²) < 4.78 is 1.82. The number of hydrogen-bond acceptors (Lipinski definition) is 4. The minimum Gasteiger partial charge on any atom is -0.285 e. The molecule has 0 unspecified atom stereocenters. The van der Waals surface area contributed by atoms with Crippen LogP contribution < -0.4 is 10.9 Å². The maximum atomic E-state index is 13.1. The molecule has 0 spiro atoms. The van der Waals surface area contributed by atoms with Crippen molar-refractivity contribution in [1.82, 2.24) is 15.9 Å². The summed E-state index contributed by atoms with van der Waals surface area (Å²) in [5.41, 5.74) is 7.95. The maximum absolute atomic E-state index is 13.1. The summed E-state index contributed by atoms with van der Waals surface area (Å²) in [6.45, 7) is 0. The second kappa shape index (κ2) is 8.77. The van der Waals surface area contributed by atoms with Crippen LogP contribution >= 0.6 is 31.9 Å². The fraction of sp³-hybridized carbons (Fsp3) is 0.286. The van der Waals surface area contributed by atoms with Crippen molar-refractivity contribution in [3.05, 3.63) is 68.6 Å². The highest BCUT2D eigenvalue weighted by atomic mass is 79.9. The molecular formula is C21H20Br2N4O2. The van der Waals surface area contributed by atoms with E-state index in [0.29, 0.717) is 11.1 Å². The molecule has 0 bridgehead atoms. The molecule has 150 valence electrons. The van der Waals surface area contributed by atoms with Gasteiger partial charge in [0.15, 0.2) is 0 Å².